The van der Waals surface area contributed by atoms with Gasteiger partial charge >= 0.3 is 0 Å². The van der Waals surface area contributed by atoms with Crippen LogP contribution in [-0.2, 0) is 0 Å². The third-order valence-corrected chi connectivity index (χ3v) is 3.15. The van der Waals surface area contributed by atoms with Crippen molar-refractivity contribution in [3.8, 4) is 0 Å². The molecule has 0 aromatic heterocycles. The lowest BCUT2D eigenvalue weighted by Gasteiger charge is -2.36. The minimum Gasteiger partial charge on any atom is -0.354 e. The summed E-state index contributed by atoms with van der Waals surface area (Å²) in [6.45, 7) is 4.26. The van der Waals surface area contributed by atoms with Crippen LogP contribution in [0.4, 0.5) is 0 Å². The number of rotatable bonds is 1. The molecule has 2 heterocycles. The first kappa shape index (κ1) is 9.77. The molecule has 0 amide bonds. The fraction of sp³-hybridized carbons (Fsp3) is 0.900. The lowest BCUT2D eigenvalue weighted by molar-refractivity contribution is 0.189. The van der Waals surface area contributed by atoms with Crippen LogP contribution >= 0.6 is 0 Å². The van der Waals surface area contributed by atoms with Crippen molar-refractivity contribution in [1.82, 2.24) is 15.1 Å². The molecule has 1 fully saturated rings. The highest BCUT2D eigenvalue weighted by atomic mass is 15.3. The van der Waals surface area contributed by atoms with E-state index in [2.05, 4.69) is 34.2 Å². The van der Waals surface area contributed by atoms with E-state index in [1.807, 2.05) is 0 Å². The summed E-state index contributed by atoms with van der Waals surface area (Å²) in [5.74, 6) is 1.13. The van der Waals surface area contributed by atoms with E-state index in [-0.39, 0.29) is 0 Å². The van der Waals surface area contributed by atoms with E-state index in [9.17, 15) is 0 Å². The number of nitrogens with zero attached hydrogens (tertiary/aromatic N) is 3. The third kappa shape index (κ3) is 2.00. The molecule has 2 aliphatic rings. The first-order valence-corrected chi connectivity index (χ1v) is 5.47. The maximum absolute atomic E-state index is 4.45. The van der Waals surface area contributed by atoms with Crippen molar-refractivity contribution in [2.45, 2.75) is 18.9 Å². The van der Waals surface area contributed by atoms with Gasteiger partial charge in [-0.05, 0) is 26.9 Å². The second kappa shape index (κ2) is 4.17. The van der Waals surface area contributed by atoms with Gasteiger partial charge in [0.1, 0.15) is 0 Å². The quantitative estimate of drug-likeness (QED) is 0.639. The van der Waals surface area contributed by atoms with Crippen molar-refractivity contribution >= 4 is 5.96 Å². The third-order valence-electron chi connectivity index (χ3n) is 3.15. The summed E-state index contributed by atoms with van der Waals surface area (Å²) in [4.78, 5) is 9.16. The molecule has 0 bridgehead atoms. The second-order valence-corrected chi connectivity index (χ2v) is 4.31. The number of nitrogens with one attached hydrogen (secondary N) is 1. The molecule has 0 radical (unpaired) electrons. The minimum absolute atomic E-state index is 0.758. The smallest absolute Gasteiger partial charge is 0.194 e. The molecular formula is C10H20N4. The second-order valence-electron chi connectivity index (χ2n) is 4.31. The molecule has 0 atom stereocenters. The zero-order valence-electron chi connectivity index (χ0n) is 9.16. The van der Waals surface area contributed by atoms with Crippen LogP contribution in [0.25, 0.3) is 0 Å². The maximum atomic E-state index is 4.45. The van der Waals surface area contributed by atoms with Gasteiger partial charge in [-0.25, -0.2) is 0 Å². The Morgan fingerprint density at radius 1 is 1.36 bits per heavy atom. The Morgan fingerprint density at radius 2 is 2.07 bits per heavy atom. The number of likely N-dealkylation sites (tertiary alicyclic amines) is 1. The molecule has 80 valence electrons. The number of aliphatic imine (C=N–C) groups is 1. The molecule has 0 aliphatic carbocycles. The zero-order valence-corrected chi connectivity index (χ0v) is 9.16. The van der Waals surface area contributed by atoms with Crippen molar-refractivity contribution in [3.05, 3.63) is 0 Å². The maximum Gasteiger partial charge on any atom is 0.194 e. The van der Waals surface area contributed by atoms with Gasteiger partial charge in [-0.2, -0.15) is 0 Å². The van der Waals surface area contributed by atoms with Crippen LogP contribution < -0.4 is 5.32 Å². The molecule has 1 saturated heterocycles. The van der Waals surface area contributed by atoms with Crippen LogP contribution in [0.5, 0.6) is 0 Å². The molecule has 0 spiro atoms. The Morgan fingerprint density at radius 3 is 2.57 bits per heavy atom. The molecule has 0 saturated carbocycles. The summed E-state index contributed by atoms with van der Waals surface area (Å²) in [6, 6.07) is 0.758. The monoisotopic (exact) mass is 196 g/mol. The van der Waals surface area contributed by atoms with E-state index in [0.717, 1.165) is 38.2 Å². The predicted octanol–water partition coefficient (Wildman–Crippen LogP) is -0.0284. The summed E-state index contributed by atoms with van der Waals surface area (Å²) < 4.78 is 0. The molecule has 1 N–H and O–H groups in total. The van der Waals surface area contributed by atoms with Crippen LogP contribution in [0.3, 0.4) is 0 Å². The van der Waals surface area contributed by atoms with Gasteiger partial charge in [0.25, 0.3) is 0 Å². The fourth-order valence-corrected chi connectivity index (χ4v) is 2.19. The summed E-state index contributed by atoms with van der Waals surface area (Å²) in [5.41, 5.74) is 0. The van der Waals surface area contributed by atoms with Crippen molar-refractivity contribution in [2.75, 3.05) is 40.3 Å². The Kier molecular flexibility index (Phi) is 2.91. The number of hydrogen-bond donors (Lipinski definition) is 1. The van der Waals surface area contributed by atoms with Gasteiger partial charge in [0.05, 0.1) is 6.54 Å². The summed E-state index contributed by atoms with van der Waals surface area (Å²) in [5, 5.41) is 3.33. The zero-order chi connectivity index (χ0) is 9.97. The predicted molar refractivity (Wildman–Crippen MR) is 58.6 cm³/mol. The van der Waals surface area contributed by atoms with E-state index in [0.29, 0.717) is 0 Å². The molecule has 14 heavy (non-hydrogen) atoms. The standard InChI is InChI=1S/C10H20N4/c1-13(2)9-3-7-14(8-4-9)10-11-5-6-12-10/h9H,3-8H2,1-2H3,(H,11,12). The van der Waals surface area contributed by atoms with E-state index < -0.39 is 0 Å². The number of piperidine rings is 1. The Balaban J connectivity index is 1.83. The summed E-state index contributed by atoms with van der Waals surface area (Å²) in [7, 11) is 4.34. The van der Waals surface area contributed by atoms with Crippen LogP contribution in [0.15, 0.2) is 4.99 Å². The van der Waals surface area contributed by atoms with Gasteiger partial charge < -0.3 is 15.1 Å². The Labute approximate surface area is 86.0 Å². The first-order chi connectivity index (χ1) is 6.77. The minimum atomic E-state index is 0.758. The van der Waals surface area contributed by atoms with E-state index in [1.54, 1.807) is 0 Å². The molecule has 4 nitrogen and oxygen atoms in total. The van der Waals surface area contributed by atoms with E-state index in [4.69, 9.17) is 0 Å². The molecule has 0 unspecified atom stereocenters. The van der Waals surface area contributed by atoms with Crippen LogP contribution in [0.2, 0.25) is 0 Å². The highest BCUT2D eigenvalue weighted by molar-refractivity contribution is 5.81. The highest BCUT2D eigenvalue weighted by Crippen LogP contribution is 2.14. The van der Waals surface area contributed by atoms with Crippen molar-refractivity contribution in [1.29, 1.82) is 0 Å². The highest BCUT2D eigenvalue weighted by Gasteiger charge is 2.23. The molecule has 2 aliphatic heterocycles. The molecule has 4 heteroatoms. The van der Waals surface area contributed by atoms with Crippen molar-refractivity contribution < 1.29 is 0 Å². The van der Waals surface area contributed by atoms with Crippen LogP contribution in [0, 0.1) is 0 Å². The lowest BCUT2D eigenvalue weighted by atomic mass is 10.0. The molecule has 0 aromatic carbocycles. The van der Waals surface area contributed by atoms with Gasteiger partial charge in [0.15, 0.2) is 5.96 Å². The summed E-state index contributed by atoms with van der Waals surface area (Å²) in [6.07, 6.45) is 2.52. The average Bonchev–Trinajstić information content (AvgIpc) is 2.71. The van der Waals surface area contributed by atoms with Gasteiger partial charge in [0, 0.05) is 25.7 Å². The van der Waals surface area contributed by atoms with Crippen molar-refractivity contribution in [2.24, 2.45) is 4.99 Å². The van der Waals surface area contributed by atoms with Gasteiger partial charge in [-0.15, -0.1) is 0 Å². The number of guanidine groups is 1. The van der Waals surface area contributed by atoms with Crippen LogP contribution in [-0.4, -0.2) is 62.1 Å². The van der Waals surface area contributed by atoms with Gasteiger partial charge in [0.2, 0.25) is 0 Å². The molecular weight excluding hydrogens is 176 g/mol. The van der Waals surface area contributed by atoms with Gasteiger partial charge in [-0.1, -0.05) is 0 Å². The topological polar surface area (TPSA) is 30.9 Å². The molecule has 0 aromatic rings. The normalized spacial score (nSPS) is 23.9. The largest absolute Gasteiger partial charge is 0.354 e. The van der Waals surface area contributed by atoms with Crippen molar-refractivity contribution in [3.63, 3.8) is 0 Å². The summed E-state index contributed by atoms with van der Waals surface area (Å²) >= 11 is 0. The number of hydrogen-bond acceptors (Lipinski definition) is 4. The lowest BCUT2D eigenvalue weighted by Crippen LogP contribution is -2.47. The SMILES string of the molecule is CN(C)C1CCN(C2=NCCN2)CC1. The van der Waals surface area contributed by atoms with E-state index >= 15 is 0 Å². The Hall–Kier alpha value is -0.770. The van der Waals surface area contributed by atoms with Crippen LogP contribution in [0.1, 0.15) is 12.8 Å². The average molecular weight is 196 g/mol. The Bertz CT molecular complexity index is 216. The van der Waals surface area contributed by atoms with Gasteiger partial charge in [-0.3, -0.25) is 4.99 Å². The molecule has 2 rings (SSSR count). The fourth-order valence-electron chi connectivity index (χ4n) is 2.19. The first-order valence-electron chi connectivity index (χ1n) is 5.47. The van der Waals surface area contributed by atoms with E-state index in [1.165, 1.54) is 12.8 Å².